The van der Waals surface area contributed by atoms with E-state index in [1.54, 1.807) is 20.3 Å². The van der Waals surface area contributed by atoms with Crippen molar-refractivity contribution in [3.63, 3.8) is 0 Å². The quantitative estimate of drug-likeness (QED) is 0.844. The molecule has 0 bridgehead atoms. The van der Waals surface area contributed by atoms with Gasteiger partial charge in [-0.05, 0) is 24.5 Å². The number of methoxy groups -OCH3 is 2. The molecule has 0 aromatic heterocycles. The topological polar surface area (TPSA) is 38.7 Å². The van der Waals surface area contributed by atoms with Crippen molar-refractivity contribution in [2.45, 2.75) is 12.8 Å². The van der Waals surface area contributed by atoms with Crippen molar-refractivity contribution >= 4 is 11.6 Å². The van der Waals surface area contributed by atoms with Crippen LogP contribution in [0.1, 0.15) is 12.0 Å². The van der Waals surface area contributed by atoms with E-state index in [9.17, 15) is 0 Å². The second-order valence-corrected chi connectivity index (χ2v) is 3.53. The molecular formula is C11H15ClO3. The van der Waals surface area contributed by atoms with Gasteiger partial charge in [0.2, 0.25) is 0 Å². The van der Waals surface area contributed by atoms with Gasteiger partial charge >= 0.3 is 0 Å². The van der Waals surface area contributed by atoms with E-state index in [0.717, 1.165) is 17.7 Å². The maximum absolute atomic E-state index is 8.77. The Kier molecular flexibility index (Phi) is 4.72. The molecule has 15 heavy (non-hydrogen) atoms. The molecule has 0 amide bonds. The Labute approximate surface area is 94.6 Å². The summed E-state index contributed by atoms with van der Waals surface area (Å²) in [6.45, 7) is 0.161. The summed E-state index contributed by atoms with van der Waals surface area (Å²) >= 11 is 5.96. The number of halogens is 1. The number of ether oxygens (including phenoxy) is 2. The standard InChI is InChI=1S/C11H15ClO3/c1-14-10-7-9(12)11(15-2)6-8(10)4-3-5-13/h6-7,13H,3-5H2,1-2H3. The van der Waals surface area contributed by atoms with E-state index < -0.39 is 0 Å². The lowest BCUT2D eigenvalue weighted by molar-refractivity contribution is 0.287. The second kappa shape index (κ2) is 5.83. The molecule has 84 valence electrons. The first-order chi connectivity index (χ1) is 7.22. The zero-order valence-corrected chi connectivity index (χ0v) is 9.67. The number of aliphatic hydroxyl groups excluding tert-OH is 1. The molecule has 0 aliphatic carbocycles. The normalized spacial score (nSPS) is 10.1. The Morgan fingerprint density at radius 2 is 1.87 bits per heavy atom. The smallest absolute Gasteiger partial charge is 0.137 e. The highest BCUT2D eigenvalue weighted by Gasteiger charge is 2.09. The second-order valence-electron chi connectivity index (χ2n) is 3.13. The van der Waals surface area contributed by atoms with Gasteiger partial charge in [-0.1, -0.05) is 11.6 Å². The Bertz CT molecular complexity index is 326. The fourth-order valence-corrected chi connectivity index (χ4v) is 1.62. The molecule has 0 atom stereocenters. The Morgan fingerprint density at radius 3 is 2.40 bits per heavy atom. The predicted molar refractivity (Wildman–Crippen MR) is 60.0 cm³/mol. The largest absolute Gasteiger partial charge is 0.496 e. The molecule has 1 N–H and O–H groups in total. The number of hydrogen-bond acceptors (Lipinski definition) is 3. The molecule has 3 nitrogen and oxygen atoms in total. The van der Waals surface area contributed by atoms with Crippen LogP contribution in [0.3, 0.4) is 0 Å². The molecule has 1 rings (SSSR count). The van der Waals surface area contributed by atoms with Crippen LogP contribution in [0.4, 0.5) is 0 Å². The van der Waals surface area contributed by atoms with Crippen LogP contribution in [0.15, 0.2) is 12.1 Å². The lowest BCUT2D eigenvalue weighted by atomic mass is 10.1. The van der Waals surface area contributed by atoms with E-state index in [1.807, 2.05) is 6.07 Å². The van der Waals surface area contributed by atoms with Crippen LogP contribution < -0.4 is 9.47 Å². The highest BCUT2D eigenvalue weighted by molar-refractivity contribution is 6.32. The average Bonchev–Trinajstić information content (AvgIpc) is 2.26. The molecule has 0 fully saturated rings. The first-order valence-corrected chi connectivity index (χ1v) is 5.12. The van der Waals surface area contributed by atoms with Crippen LogP contribution in [-0.4, -0.2) is 25.9 Å². The minimum Gasteiger partial charge on any atom is -0.496 e. The summed E-state index contributed by atoms with van der Waals surface area (Å²) < 4.78 is 10.3. The lowest BCUT2D eigenvalue weighted by Crippen LogP contribution is -1.96. The minimum absolute atomic E-state index is 0.161. The van der Waals surface area contributed by atoms with Gasteiger partial charge in [-0.3, -0.25) is 0 Å². The molecule has 0 heterocycles. The molecular weight excluding hydrogens is 216 g/mol. The van der Waals surface area contributed by atoms with Gasteiger partial charge in [0.15, 0.2) is 0 Å². The third-order valence-corrected chi connectivity index (χ3v) is 2.45. The molecule has 0 unspecified atom stereocenters. The van der Waals surface area contributed by atoms with Crippen LogP contribution in [0, 0.1) is 0 Å². The molecule has 1 aromatic rings. The van der Waals surface area contributed by atoms with Crippen LogP contribution >= 0.6 is 11.6 Å². The average molecular weight is 231 g/mol. The highest BCUT2D eigenvalue weighted by Crippen LogP contribution is 2.32. The van der Waals surface area contributed by atoms with Gasteiger partial charge in [-0.25, -0.2) is 0 Å². The van der Waals surface area contributed by atoms with Gasteiger partial charge in [0.05, 0.1) is 19.2 Å². The van der Waals surface area contributed by atoms with E-state index in [0.29, 0.717) is 17.2 Å². The summed E-state index contributed by atoms with van der Waals surface area (Å²) in [5.74, 6) is 1.36. The molecule has 0 aliphatic rings. The molecule has 0 radical (unpaired) electrons. The van der Waals surface area contributed by atoms with Gasteiger partial charge in [0.1, 0.15) is 11.5 Å². The Balaban J connectivity index is 2.99. The highest BCUT2D eigenvalue weighted by atomic mass is 35.5. The Morgan fingerprint density at radius 1 is 1.20 bits per heavy atom. The van der Waals surface area contributed by atoms with E-state index in [-0.39, 0.29) is 6.61 Å². The summed E-state index contributed by atoms with van der Waals surface area (Å²) in [6.07, 6.45) is 1.44. The van der Waals surface area contributed by atoms with E-state index >= 15 is 0 Å². The summed E-state index contributed by atoms with van der Waals surface area (Å²) in [5.41, 5.74) is 0.993. The first-order valence-electron chi connectivity index (χ1n) is 4.74. The van der Waals surface area contributed by atoms with E-state index in [2.05, 4.69) is 0 Å². The maximum atomic E-state index is 8.77. The predicted octanol–water partition coefficient (Wildman–Crippen LogP) is 2.28. The lowest BCUT2D eigenvalue weighted by Gasteiger charge is -2.11. The maximum Gasteiger partial charge on any atom is 0.137 e. The van der Waals surface area contributed by atoms with Crippen LogP contribution in [0.5, 0.6) is 11.5 Å². The molecule has 0 saturated heterocycles. The number of hydrogen-bond donors (Lipinski definition) is 1. The zero-order chi connectivity index (χ0) is 11.3. The van der Waals surface area contributed by atoms with Crippen molar-refractivity contribution in [2.24, 2.45) is 0 Å². The van der Waals surface area contributed by atoms with Gasteiger partial charge in [0, 0.05) is 12.7 Å². The third-order valence-electron chi connectivity index (χ3n) is 2.16. The van der Waals surface area contributed by atoms with Gasteiger partial charge < -0.3 is 14.6 Å². The summed E-state index contributed by atoms with van der Waals surface area (Å²) in [5, 5.41) is 9.30. The number of aryl methyl sites for hydroxylation is 1. The van der Waals surface area contributed by atoms with Crippen molar-refractivity contribution in [1.82, 2.24) is 0 Å². The summed E-state index contributed by atoms with van der Waals surface area (Å²) in [6, 6.07) is 3.57. The van der Waals surface area contributed by atoms with Gasteiger partial charge in [0.25, 0.3) is 0 Å². The van der Waals surface area contributed by atoms with Gasteiger partial charge in [-0.2, -0.15) is 0 Å². The van der Waals surface area contributed by atoms with Crippen molar-refractivity contribution in [1.29, 1.82) is 0 Å². The van der Waals surface area contributed by atoms with Crippen LogP contribution in [0.25, 0.3) is 0 Å². The van der Waals surface area contributed by atoms with Crippen molar-refractivity contribution < 1.29 is 14.6 Å². The number of rotatable bonds is 5. The summed E-state index contributed by atoms with van der Waals surface area (Å²) in [7, 11) is 3.17. The Hall–Kier alpha value is -0.930. The molecule has 0 spiro atoms. The van der Waals surface area contributed by atoms with Crippen molar-refractivity contribution in [3.8, 4) is 11.5 Å². The first kappa shape index (κ1) is 12.1. The van der Waals surface area contributed by atoms with Crippen molar-refractivity contribution in [3.05, 3.63) is 22.7 Å². The third kappa shape index (κ3) is 3.01. The van der Waals surface area contributed by atoms with E-state index in [1.165, 1.54) is 0 Å². The molecule has 1 aromatic carbocycles. The fourth-order valence-electron chi connectivity index (χ4n) is 1.39. The fraction of sp³-hybridized carbons (Fsp3) is 0.455. The van der Waals surface area contributed by atoms with Crippen molar-refractivity contribution in [2.75, 3.05) is 20.8 Å². The molecule has 0 saturated carbocycles. The van der Waals surface area contributed by atoms with Gasteiger partial charge in [-0.15, -0.1) is 0 Å². The zero-order valence-electron chi connectivity index (χ0n) is 8.92. The summed E-state index contributed by atoms with van der Waals surface area (Å²) in [4.78, 5) is 0. The number of benzene rings is 1. The monoisotopic (exact) mass is 230 g/mol. The SMILES string of the molecule is COc1cc(CCCO)c(OC)cc1Cl. The van der Waals surface area contributed by atoms with Crippen LogP contribution in [-0.2, 0) is 6.42 Å². The van der Waals surface area contributed by atoms with Crippen LogP contribution in [0.2, 0.25) is 5.02 Å². The molecule has 0 aliphatic heterocycles. The molecule has 4 heteroatoms. The van der Waals surface area contributed by atoms with E-state index in [4.69, 9.17) is 26.2 Å². The number of aliphatic hydroxyl groups is 1. The minimum atomic E-state index is 0.161.